The van der Waals surface area contributed by atoms with Gasteiger partial charge < -0.3 is 20.7 Å². The number of methoxy groups -OCH3 is 1. The number of ether oxygens (including phenoxy) is 1. The van der Waals surface area contributed by atoms with Crippen LogP contribution in [0.25, 0.3) is 5.65 Å². The van der Waals surface area contributed by atoms with E-state index in [0.717, 1.165) is 23.8 Å². The summed E-state index contributed by atoms with van der Waals surface area (Å²) < 4.78 is 35.2. The molecule has 1 saturated heterocycles. The lowest BCUT2D eigenvalue weighted by Crippen LogP contribution is -2.24. The first-order valence-corrected chi connectivity index (χ1v) is 11.6. The molecule has 0 aliphatic carbocycles. The van der Waals surface area contributed by atoms with Crippen molar-refractivity contribution in [1.82, 2.24) is 14.6 Å². The minimum Gasteiger partial charge on any atom is -0.497 e. The van der Waals surface area contributed by atoms with Gasteiger partial charge in [0, 0.05) is 24.8 Å². The third-order valence-corrected chi connectivity index (χ3v) is 6.40. The Bertz CT molecular complexity index is 1390. The number of benzene rings is 2. The fourth-order valence-corrected chi connectivity index (χ4v) is 4.68. The Morgan fingerprint density at radius 2 is 2.00 bits per heavy atom. The summed E-state index contributed by atoms with van der Waals surface area (Å²) in [6.07, 6.45) is 3.31. The second-order valence-electron chi connectivity index (χ2n) is 8.36. The molecule has 1 aliphatic rings. The van der Waals surface area contributed by atoms with Gasteiger partial charge in [-0.05, 0) is 54.8 Å². The maximum Gasteiger partial charge on any atom is 0.169 e. The summed E-state index contributed by atoms with van der Waals surface area (Å²) >= 11 is 5.33. The van der Waals surface area contributed by atoms with E-state index in [0.29, 0.717) is 47.9 Å². The summed E-state index contributed by atoms with van der Waals surface area (Å²) in [5, 5.41) is 7.87. The fraction of sp³-hybridized carbons (Fsp3) is 0.240. The zero-order chi connectivity index (χ0) is 24.5. The van der Waals surface area contributed by atoms with Crippen LogP contribution >= 0.6 is 12.2 Å². The number of thiocarbonyl (C=S) groups is 1. The molecule has 5 rings (SSSR count). The van der Waals surface area contributed by atoms with Crippen LogP contribution in [-0.4, -0.2) is 33.2 Å². The second-order valence-corrected chi connectivity index (χ2v) is 8.80. The molecule has 4 aromatic rings. The first kappa shape index (κ1) is 23.0. The van der Waals surface area contributed by atoms with Gasteiger partial charge in [-0.2, -0.15) is 0 Å². The molecule has 3 heterocycles. The molecule has 3 N–H and O–H groups in total. The quantitative estimate of drug-likeness (QED) is 0.363. The van der Waals surface area contributed by atoms with Gasteiger partial charge in [0.15, 0.2) is 11.5 Å². The fourth-order valence-electron chi connectivity index (χ4n) is 4.49. The van der Waals surface area contributed by atoms with Crippen LogP contribution in [0.4, 0.5) is 20.4 Å². The van der Waals surface area contributed by atoms with Gasteiger partial charge in [-0.1, -0.05) is 24.4 Å². The molecular formula is C25H24F2N6OS. The van der Waals surface area contributed by atoms with Crippen molar-refractivity contribution in [3.8, 4) is 5.75 Å². The number of halogens is 2. The summed E-state index contributed by atoms with van der Waals surface area (Å²) in [6.45, 7) is 1.17. The van der Waals surface area contributed by atoms with Crippen LogP contribution < -0.4 is 20.7 Å². The molecular weight excluding hydrogens is 470 g/mol. The van der Waals surface area contributed by atoms with Crippen molar-refractivity contribution in [2.75, 3.05) is 23.9 Å². The smallest absolute Gasteiger partial charge is 0.169 e. The molecule has 0 radical (unpaired) electrons. The molecule has 2 aromatic heterocycles. The number of fused-ring (bicyclic) bond motifs is 1. The van der Waals surface area contributed by atoms with E-state index in [9.17, 15) is 8.78 Å². The minimum absolute atomic E-state index is 0.163. The third kappa shape index (κ3) is 4.49. The highest BCUT2D eigenvalue weighted by Gasteiger charge is 2.30. The van der Waals surface area contributed by atoms with Gasteiger partial charge in [0.2, 0.25) is 0 Å². The molecule has 1 atom stereocenters. The van der Waals surface area contributed by atoms with Crippen LogP contribution in [-0.2, 0) is 6.54 Å². The van der Waals surface area contributed by atoms with Crippen LogP contribution in [0.2, 0.25) is 0 Å². The number of hydrogen-bond donors (Lipinski definition) is 2. The van der Waals surface area contributed by atoms with Crippen molar-refractivity contribution < 1.29 is 13.5 Å². The lowest BCUT2D eigenvalue weighted by atomic mass is 10.0. The average Bonchev–Trinajstić information content (AvgIpc) is 3.48. The molecule has 2 aromatic carbocycles. The van der Waals surface area contributed by atoms with E-state index in [1.807, 2.05) is 35.2 Å². The van der Waals surface area contributed by atoms with E-state index in [1.165, 1.54) is 12.1 Å². The van der Waals surface area contributed by atoms with Crippen molar-refractivity contribution in [3.05, 3.63) is 83.1 Å². The van der Waals surface area contributed by atoms with Gasteiger partial charge in [-0.15, -0.1) is 5.10 Å². The Labute approximate surface area is 206 Å². The van der Waals surface area contributed by atoms with Crippen molar-refractivity contribution in [2.24, 2.45) is 5.73 Å². The van der Waals surface area contributed by atoms with E-state index < -0.39 is 11.6 Å². The van der Waals surface area contributed by atoms with Gasteiger partial charge in [0.25, 0.3) is 0 Å². The number of anilines is 2. The predicted molar refractivity (Wildman–Crippen MR) is 135 cm³/mol. The van der Waals surface area contributed by atoms with E-state index in [1.54, 1.807) is 17.8 Å². The van der Waals surface area contributed by atoms with Gasteiger partial charge in [-0.3, -0.25) is 0 Å². The summed E-state index contributed by atoms with van der Waals surface area (Å²) in [4.78, 5) is 6.94. The largest absolute Gasteiger partial charge is 0.497 e. The topological polar surface area (TPSA) is 80.7 Å². The molecule has 0 spiro atoms. The SMILES string of the molecule is COc1ccc(CNc2nn3ccc(N4CCCC4c4cc(F)ccc4F)nc3c2C(N)=S)cc1. The third-order valence-electron chi connectivity index (χ3n) is 6.20. The Kier molecular flexibility index (Phi) is 6.21. The molecule has 1 unspecified atom stereocenters. The maximum absolute atomic E-state index is 14.5. The minimum atomic E-state index is -0.462. The summed E-state index contributed by atoms with van der Waals surface area (Å²) in [7, 11) is 1.62. The Balaban J connectivity index is 1.46. The van der Waals surface area contributed by atoms with Crippen LogP contribution in [0.1, 0.15) is 35.6 Å². The number of hydrogen-bond acceptors (Lipinski definition) is 6. The zero-order valence-corrected chi connectivity index (χ0v) is 19.9. The van der Waals surface area contributed by atoms with E-state index in [4.69, 9.17) is 27.7 Å². The average molecular weight is 495 g/mol. The number of nitrogens with zero attached hydrogens (tertiary/aromatic N) is 4. The molecule has 7 nitrogen and oxygen atoms in total. The predicted octanol–water partition coefficient (Wildman–Crippen LogP) is 4.60. The van der Waals surface area contributed by atoms with Crippen LogP contribution in [0.5, 0.6) is 5.75 Å². The normalized spacial score (nSPS) is 15.5. The standard InChI is InChI=1S/C25H24F2N6OS/c1-34-17-7-4-15(5-8-17)14-29-24-22(23(28)35)25-30-21(10-12-33(25)31-24)32-11-2-3-20(32)18-13-16(26)6-9-19(18)27/h4-10,12-13,20H,2-3,11,14H2,1H3,(H2,28,35)(H,29,31). The first-order chi connectivity index (χ1) is 16.9. The second kappa shape index (κ2) is 9.46. The highest BCUT2D eigenvalue weighted by molar-refractivity contribution is 7.80. The Hall–Kier alpha value is -3.79. The van der Waals surface area contributed by atoms with Gasteiger partial charge in [0.1, 0.15) is 28.2 Å². The number of aromatic nitrogens is 3. The van der Waals surface area contributed by atoms with E-state index in [2.05, 4.69) is 10.4 Å². The van der Waals surface area contributed by atoms with Gasteiger partial charge >= 0.3 is 0 Å². The summed E-state index contributed by atoms with van der Waals surface area (Å²) in [5.74, 6) is 1.04. The number of rotatable bonds is 7. The molecule has 1 fully saturated rings. The Morgan fingerprint density at radius 1 is 1.20 bits per heavy atom. The summed E-state index contributed by atoms with van der Waals surface area (Å²) in [5.41, 5.74) is 8.45. The molecule has 35 heavy (non-hydrogen) atoms. The van der Waals surface area contributed by atoms with Gasteiger partial charge in [0.05, 0.1) is 18.7 Å². The van der Waals surface area contributed by atoms with Crippen molar-refractivity contribution >= 4 is 34.5 Å². The maximum atomic E-state index is 14.5. The lowest BCUT2D eigenvalue weighted by Gasteiger charge is -2.26. The molecule has 1 aliphatic heterocycles. The van der Waals surface area contributed by atoms with Crippen molar-refractivity contribution in [2.45, 2.75) is 25.4 Å². The van der Waals surface area contributed by atoms with Crippen molar-refractivity contribution in [1.29, 1.82) is 0 Å². The van der Waals surface area contributed by atoms with Crippen LogP contribution in [0, 0.1) is 11.6 Å². The molecule has 0 bridgehead atoms. The highest BCUT2D eigenvalue weighted by atomic mass is 32.1. The first-order valence-electron chi connectivity index (χ1n) is 11.2. The lowest BCUT2D eigenvalue weighted by molar-refractivity contribution is 0.414. The van der Waals surface area contributed by atoms with Crippen LogP contribution in [0.3, 0.4) is 0 Å². The summed E-state index contributed by atoms with van der Waals surface area (Å²) in [6, 6.07) is 12.7. The molecule has 0 saturated carbocycles. The molecule has 10 heteroatoms. The molecule has 180 valence electrons. The highest BCUT2D eigenvalue weighted by Crippen LogP contribution is 2.37. The number of nitrogens with one attached hydrogen (secondary N) is 1. The van der Waals surface area contributed by atoms with E-state index >= 15 is 0 Å². The molecule has 0 amide bonds. The zero-order valence-electron chi connectivity index (χ0n) is 19.0. The van der Waals surface area contributed by atoms with Gasteiger partial charge in [-0.25, -0.2) is 18.3 Å². The van der Waals surface area contributed by atoms with Crippen molar-refractivity contribution in [3.63, 3.8) is 0 Å². The van der Waals surface area contributed by atoms with E-state index in [-0.39, 0.29) is 11.0 Å². The van der Waals surface area contributed by atoms with Crippen LogP contribution in [0.15, 0.2) is 54.7 Å². The Morgan fingerprint density at radius 3 is 2.74 bits per heavy atom. The number of nitrogens with two attached hydrogens (primary N) is 1. The monoisotopic (exact) mass is 494 g/mol.